The van der Waals surface area contributed by atoms with Gasteiger partial charge in [-0.3, -0.25) is 9.78 Å². The number of aromatic nitrogens is 1. The number of hydrogen-bond donors (Lipinski definition) is 0. The molecule has 2 aromatic rings. The van der Waals surface area contributed by atoms with E-state index in [1.54, 1.807) is 36.5 Å². The Kier molecular flexibility index (Phi) is 4.52. The van der Waals surface area contributed by atoms with Crippen molar-refractivity contribution in [3.05, 3.63) is 53.9 Å². The summed E-state index contributed by atoms with van der Waals surface area (Å²) < 4.78 is 10.3. The molecule has 0 radical (unpaired) electrons. The Morgan fingerprint density at radius 2 is 2.00 bits per heavy atom. The number of carbonyl (C=O) groups excluding carboxylic acids is 1. The Morgan fingerprint density at radius 1 is 1.24 bits per heavy atom. The largest absolute Gasteiger partial charge is 0.493 e. The summed E-state index contributed by atoms with van der Waals surface area (Å²) in [7, 11) is 3.02. The lowest BCUT2D eigenvalue weighted by molar-refractivity contribution is 0.0978. The molecule has 0 N–H and O–H groups in total. The van der Waals surface area contributed by atoms with Crippen molar-refractivity contribution >= 4 is 5.78 Å². The van der Waals surface area contributed by atoms with Crippen molar-refractivity contribution < 1.29 is 14.3 Å². The van der Waals surface area contributed by atoms with Gasteiger partial charge in [-0.05, 0) is 29.8 Å². The molecule has 1 aromatic carbocycles. The first-order chi connectivity index (χ1) is 10.2. The van der Waals surface area contributed by atoms with Gasteiger partial charge in [-0.2, -0.15) is 5.26 Å². The zero-order valence-corrected chi connectivity index (χ0v) is 11.7. The van der Waals surface area contributed by atoms with Gasteiger partial charge < -0.3 is 9.47 Å². The molecule has 0 aliphatic heterocycles. The fourth-order valence-electron chi connectivity index (χ4n) is 1.99. The number of hydrogen-bond acceptors (Lipinski definition) is 5. The number of pyridine rings is 1. The Labute approximate surface area is 122 Å². The molecule has 2 rings (SSSR count). The highest BCUT2D eigenvalue weighted by Crippen LogP contribution is 2.29. The van der Waals surface area contributed by atoms with E-state index in [2.05, 4.69) is 4.98 Å². The zero-order chi connectivity index (χ0) is 15.2. The minimum Gasteiger partial charge on any atom is -0.493 e. The van der Waals surface area contributed by atoms with Gasteiger partial charge in [-0.25, -0.2) is 0 Å². The van der Waals surface area contributed by atoms with E-state index in [1.165, 1.54) is 20.4 Å². The van der Waals surface area contributed by atoms with E-state index in [1.807, 2.05) is 6.07 Å². The quantitative estimate of drug-likeness (QED) is 0.788. The Hall–Kier alpha value is -2.87. The van der Waals surface area contributed by atoms with Gasteiger partial charge in [0.2, 0.25) is 0 Å². The van der Waals surface area contributed by atoms with Gasteiger partial charge in [-0.1, -0.05) is 6.07 Å². The molecule has 0 saturated heterocycles. The van der Waals surface area contributed by atoms with E-state index in [9.17, 15) is 10.1 Å². The van der Waals surface area contributed by atoms with Gasteiger partial charge in [0, 0.05) is 18.0 Å². The third-order valence-corrected chi connectivity index (χ3v) is 3.08. The Morgan fingerprint density at radius 3 is 2.57 bits per heavy atom. The van der Waals surface area contributed by atoms with Crippen LogP contribution in [0.4, 0.5) is 0 Å². The van der Waals surface area contributed by atoms with Crippen molar-refractivity contribution in [1.82, 2.24) is 4.98 Å². The van der Waals surface area contributed by atoms with E-state index in [0.29, 0.717) is 22.6 Å². The predicted molar refractivity (Wildman–Crippen MR) is 76.5 cm³/mol. The molecule has 0 fully saturated rings. The number of ketones is 1. The molecule has 0 amide bonds. The summed E-state index contributed by atoms with van der Waals surface area (Å²) in [6, 6.07) is 10.3. The predicted octanol–water partition coefficient (Wildman–Crippen LogP) is 2.59. The fourth-order valence-corrected chi connectivity index (χ4v) is 1.99. The normalized spacial score (nSPS) is 11.3. The number of ether oxygens (including phenoxy) is 2. The van der Waals surface area contributed by atoms with Gasteiger partial charge in [0.05, 0.1) is 20.3 Å². The van der Waals surface area contributed by atoms with E-state index < -0.39 is 5.92 Å². The maximum Gasteiger partial charge on any atom is 0.184 e. The molecule has 1 atom stereocenters. The molecular formula is C16H14N2O3. The lowest BCUT2D eigenvalue weighted by atomic mass is 9.93. The molecular weight excluding hydrogens is 268 g/mol. The van der Waals surface area contributed by atoms with E-state index in [4.69, 9.17) is 9.47 Å². The van der Waals surface area contributed by atoms with Crippen LogP contribution in [0.15, 0.2) is 42.7 Å². The van der Waals surface area contributed by atoms with Gasteiger partial charge in [0.1, 0.15) is 5.92 Å². The molecule has 5 heteroatoms. The molecule has 1 heterocycles. The molecule has 1 unspecified atom stereocenters. The van der Waals surface area contributed by atoms with Gasteiger partial charge in [-0.15, -0.1) is 0 Å². The highest BCUT2D eigenvalue weighted by atomic mass is 16.5. The van der Waals surface area contributed by atoms with Crippen molar-refractivity contribution in [2.75, 3.05) is 14.2 Å². The van der Waals surface area contributed by atoms with Crippen molar-refractivity contribution in [1.29, 1.82) is 5.26 Å². The van der Waals surface area contributed by atoms with Crippen LogP contribution in [0, 0.1) is 11.3 Å². The van der Waals surface area contributed by atoms with Crippen molar-refractivity contribution in [2.45, 2.75) is 5.92 Å². The Balaban J connectivity index is 2.37. The van der Waals surface area contributed by atoms with E-state index >= 15 is 0 Å². The summed E-state index contributed by atoms with van der Waals surface area (Å²) in [5, 5.41) is 9.28. The Bertz CT molecular complexity index is 678. The maximum atomic E-state index is 12.5. The minimum atomic E-state index is -0.892. The summed E-state index contributed by atoms with van der Waals surface area (Å²) >= 11 is 0. The highest BCUT2D eigenvalue weighted by Gasteiger charge is 2.23. The van der Waals surface area contributed by atoms with Crippen LogP contribution in [0.3, 0.4) is 0 Å². The second-order valence-corrected chi connectivity index (χ2v) is 4.28. The molecule has 0 bridgehead atoms. The molecule has 21 heavy (non-hydrogen) atoms. The monoisotopic (exact) mass is 282 g/mol. The lowest BCUT2D eigenvalue weighted by Gasteiger charge is -2.11. The number of nitriles is 1. The summed E-state index contributed by atoms with van der Waals surface area (Å²) in [5.74, 6) is -0.210. The third kappa shape index (κ3) is 3.00. The van der Waals surface area contributed by atoms with Crippen LogP contribution in [0.25, 0.3) is 0 Å². The zero-order valence-electron chi connectivity index (χ0n) is 11.7. The smallest absolute Gasteiger partial charge is 0.184 e. The minimum absolute atomic E-state index is 0.300. The number of nitrogens with zero attached hydrogens (tertiary/aromatic N) is 2. The number of rotatable bonds is 5. The number of Topliss-reactive ketones (excluding diaryl/α,β-unsaturated/α-hetero) is 1. The maximum absolute atomic E-state index is 12.5. The molecule has 5 nitrogen and oxygen atoms in total. The van der Waals surface area contributed by atoms with E-state index in [-0.39, 0.29) is 5.78 Å². The molecule has 106 valence electrons. The standard InChI is InChI=1S/C16H14N2O3/c1-20-14-6-5-11(8-15(14)21-2)16(19)13(9-17)12-4-3-7-18-10-12/h3-8,10,13H,1-2H3. The van der Waals surface area contributed by atoms with Crippen LogP contribution in [-0.2, 0) is 0 Å². The van der Waals surface area contributed by atoms with Gasteiger partial charge >= 0.3 is 0 Å². The number of methoxy groups -OCH3 is 2. The molecule has 0 saturated carbocycles. The summed E-state index contributed by atoms with van der Waals surface area (Å²) in [6.45, 7) is 0. The average Bonchev–Trinajstić information content (AvgIpc) is 2.55. The van der Waals surface area contributed by atoms with Crippen molar-refractivity contribution in [3.63, 3.8) is 0 Å². The molecule has 1 aromatic heterocycles. The lowest BCUT2D eigenvalue weighted by Crippen LogP contribution is -2.11. The van der Waals surface area contributed by atoms with Crippen molar-refractivity contribution in [2.24, 2.45) is 0 Å². The van der Waals surface area contributed by atoms with Crippen LogP contribution in [0.1, 0.15) is 21.8 Å². The fraction of sp³-hybridized carbons (Fsp3) is 0.188. The first-order valence-electron chi connectivity index (χ1n) is 6.27. The summed E-state index contributed by atoms with van der Waals surface area (Å²) in [6.07, 6.45) is 3.12. The van der Waals surface area contributed by atoms with Gasteiger partial charge in [0.25, 0.3) is 0 Å². The molecule has 0 aliphatic rings. The second kappa shape index (κ2) is 6.53. The number of carbonyl (C=O) groups is 1. The topological polar surface area (TPSA) is 72.2 Å². The first-order valence-corrected chi connectivity index (χ1v) is 6.27. The number of benzene rings is 1. The second-order valence-electron chi connectivity index (χ2n) is 4.28. The molecule has 0 aliphatic carbocycles. The summed E-state index contributed by atoms with van der Waals surface area (Å²) in [5.41, 5.74) is 0.961. The SMILES string of the molecule is COc1ccc(C(=O)C(C#N)c2cccnc2)cc1OC. The van der Waals surface area contributed by atoms with E-state index in [0.717, 1.165) is 0 Å². The van der Waals surface area contributed by atoms with Crippen LogP contribution < -0.4 is 9.47 Å². The summed E-state index contributed by atoms with van der Waals surface area (Å²) in [4.78, 5) is 16.4. The molecule has 0 spiro atoms. The van der Waals surface area contributed by atoms with Crippen LogP contribution >= 0.6 is 0 Å². The van der Waals surface area contributed by atoms with Crippen LogP contribution in [0.5, 0.6) is 11.5 Å². The highest BCUT2D eigenvalue weighted by molar-refractivity contribution is 6.03. The van der Waals surface area contributed by atoms with Crippen LogP contribution in [-0.4, -0.2) is 25.0 Å². The third-order valence-electron chi connectivity index (χ3n) is 3.08. The average molecular weight is 282 g/mol. The van der Waals surface area contributed by atoms with Crippen molar-refractivity contribution in [3.8, 4) is 17.6 Å². The first kappa shape index (κ1) is 14.5. The van der Waals surface area contributed by atoms with Crippen LogP contribution in [0.2, 0.25) is 0 Å². The van der Waals surface area contributed by atoms with Gasteiger partial charge in [0.15, 0.2) is 17.3 Å².